The summed E-state index contributed by atoms with van der Waals surface area (Å²) in [6.45, 7) is 2.83. The minimum atomic E-state index is -0.430. The fraction of sp³-hybridized carbons (Fsp3) is 0.333. The molecule has 1 saturated heterocycles. The van der Waals surface area contributed by atoms with Gasteiger partial charge in [0, 0.05) is 30.1 Å². The number of amides is 2. The Balaban J connectivity index is 1.33. The molecule has 1 N–H and O–H groups in total. The van der Waals surface area contributed by atoms with E-state index in [-0.39, 0.29) is 18.2 Å². The SMILES string of the molecule is Cc1cc(CC(=O)N2CCCC2C(=O)NCc2ccc(-c3cscn3)cc2)on1. The van der Waals surface area contributed by atoms with E-state index in [9.17, 15) is 9.59 Å². The van der Waals surface area contributed by atoms with Crippen molar-refractivity contribution in [3.63, 3.8) is 0 Å². The monoisotopic (exact) mass is 410 g/mol. The van der Waals surface area contributed by atoms with Gasteiger partial charge >= 0.3 is 0 Å². The van der Waals surface area contributed by atoms with Gasteiger partial charge in [-0.05, 0) is 25.3 Å². The van der Waals surface area contributed by atoms with E-state index < -0.39 is 6.04 Å². The zero-order valence-corrected chi connectivity index (χ0v) is 16.9. The van der Waals surface area contributed by atoms with E-state index in [4.69, 9.17) is 4.52 Å². The lowest BCUT2D eigenvalue weighted by Crippen LogP contribution is -2.46. The Morgan fingerprint density at radius 2 is 2.14 bits per heavy atom. The molecule has 7 nitrogen and oxygen atoms in total. The lowest BCUT2D eigenvalue weighted by Gasteiger charge is -2.23. The third-order valence-electron chi connectivity index (χ3n) is 5.03. The summed E-state index contributed by atoms with van der Waals surface area (Å²) in [5.41, 5.74) is 5.56. The Labute approximate surface area is 172 Å². The first-order valence-corrected chi connectivity index (χ1v) is 10.5. The van der Waals surface area contributed by atoms with Crippen LogP contribution in [0.1, 0.15) is 29.9 Å². The maximum atomic E-state index is 12.7. The Hall–Kier alpha value is -3.00. The molecule has 1 atom stereocenters. The normalized spacial score (nSPS) is 16.2. The topological polar surface area (TPSA) is 88.3 Å². The molecule has 1 aliphatic heterocycles. The molecule has 0 radical (unpaired) electrons. The minimum absolute atomic E-state index is 0.105. The number of likely N-dealkylation sites (tertiary alicyclic amines) is 1. The number of hydrogen-bond acceptors (Lipinski definition) is 6. The average molecular weight is 410 g/mol. The average Bonchev–Trinajstić information content (AvgIpc) is 3.48. The predicted molar refractivity (Wildman–Crippen MR) is 109 cm³/mol. The molecular weight excluding hydrogens is 388 g/mol. The highest BCUT2D eigenvalue weighted by Gasteiger charge is 2.34. The van der Waals surface area contributed by atoms with Crippen LogP contribution in [0, 0.1) is 6.92 Å². The second-order valence-electron chi connectivity index (χ2n) is 7.14. The summed E-state index contributed by atoms with van der Waals surface area (Å²) in [4.78, 5) is 31.3. The van der Waals surface area contributed by atoms with Gasteiger partial charge in [0.25, 0.3) is 0 Å². The Morgan fingerprint density at radius 1 is 1.31 bits per heavy atom. The van der Waals surface area contributed by atoms with Gasteiger partial charge in [0.05, 0.1) is 23.3 Å². The highest BCUT2D eigenvalue weighted by atomic mass is 32.1. The second-order valence-corrected chi connectivity index (χ2v) is 7.86. The third-order valence-corrected chi connectivity index (χ3v) is 5.61. The number of carbonyl (C=O) groups excluding carboxylic acids is 2. The molecule has 29 heavy (non-hydrogen) atoms. The van der Waals surface area contributed by atoms with Crippen LogP contribution in [0.15, 0.2) is 45.7 Å². The molecule has 4 rings (SSSR count). The Morgan fingerprint density at radius 3 is 2.83 bits per heavy atom. The van der Waals surface area contributed by atoms with Gasteiger partial charge in [-0.2, -0.15) is 0 Å². The minimum Gasteiger partial charge on any atom is -0.361 e. The van der Waals surface area contributed by atoms with Crippen LogP contribution in [0.3, 0.4) is 0 Å². The van der Waals surface area contributed by atoms with Gasteiger partial charge in [-0.3, -0.25) is 9.59 Å². The summed E-state index contributed by atoms with van der Waals surface area (Å²) in [5, 5.41) is 8.78. The maximum Gasteiger partial charge on any atom is 0.243 e. The van der Waals surface area contributed by atoms with Crippen molar-refractivity contribution < 1.29 is 14.1 Å². The molecule has 8 heteroatoms. The summed E-state index contributed by atoms with van der Waals surface area (Å²) in [5.74, 6) is 0.304. The largest absolute Gasteiger partial charge is 0.361 e. The third kappa shape index (κ3) is 4.54. The molecule has 3 aromatic rings. The van der Waals surface area contributed by atoms with Crippen LogP contribution in [-0.2, 0) is 22.6 Å². The highest BCUT2D eigenvalue weighted by Crippen LogP contribution is 2.21. The van der Waals surface area contributed by atoms with Gasteiger partial charge in [-0.1, -0.05) is 29.4 Å². The van der Waals surface area contributed by atoms with E-state index in [1.807, 2.05) is 42.1 Å². The fourth-order valence-electron chi connectivity index (χ4n) is 3.54. The molecule has 0 spiro atoms. The lowest BCUT2D eigenvalue weighted by molar-refractivity contribution is -0.138. The molecule has 1 fully saturated rings. The van der Waals surface area contributed by atoms with Crippen molar-refractivity contribution >= 4 is 23.2 Å². The molecule has 1 unspecified atom stereocenters. The number of hydrogen-bond donors (Lipinski definition) is 1. The van der Waals surface area contributed by atoms with Crippen LogP contribution in [0.2, 0.25) is 0 Å². The summed E-state index contributed by atoms with van der Waals surface area (Å²) in [6, 6.07) is 9.29. The van der Waals surface area contributed by atoms with Crippen LogP contribution in [0.25, 0.3) is 11.3 Å². The number of benzene rings is 1. The predicted octanol–water partition coefficient (Wildman–Crippen LogP) is 2.96. The molecule has 0 saturated carbocycles. The lowest BCUT2D eigenvalue weighted by atomic mass is 10.1. The number of thiazole rings is 1. The molecule has 3 heterocycles. The Kier molecular flexibility index (Phi) is 5.71. The zero-order valence-electron chi connectivity index (χ0n) is 16.1. The fourth-order valence-corrected chi connectivity index (χ4v) is 4.10. The van der Waals surface area contributed by atoms with Crippen molar-refractivity contribution in [3.05, 3.63) is 58.2 Å². The number of carbonyl (C=O) groups is 2. The van der Waals surface area contributed by atoms with Gasteiger partial charge in [0.1, 0.15) is 11.8 Å². The molecule has 0 bridgehead atoms. The van der Waals surface area contributed by atoms with Crippen molar-refractivity contribution in [2.75, 3.05) is 6.54 Å². The van der Waals surface area contributed by atoms with Gasteiger partial charge in [-0.15, -0.1) is 11.3 Å². The van der Waals surface area contributed by atoms with Gasteiger partial charge < -0.3 is 14.7 Å². The van der Waals surface area contributed by atoms with Crippen LogP contribution in [0.4, 0.5) is 0 Å². The van der Waals surface area contributed by atoms with E-state index >= 15 is 0 Å². The van der Waals surface area contributed by atoms with Crippen LogP contribution < -0.4 is 5.32 Å². The van der Waals surface area contributed by atoms with E-state index in [1.54, 1.807) is 22.3 Å². The molecule has 1 aromatic carbocycles. The molecule has 150 valence electrons. The van der Waals surface area contributed by atoms with Crippen LogP contribution >= 0.6 is 11.3 Å². The van der Waals surface area contributed by atoms with Crippen molar-refractivity contribution in [3.8, 4) is 11.3 Å². The van der Waals surface area contributed by atoms with Gasteiger partial charge in [-0.25, -0.2) is 4.98 Å². The highest BCUT2D eigenvalue weighted by molar-refractivity contribution is 7.07. The van der Waals surface area contributed by atoms with Crippen LogP contribution in [0.5, 0.6) is 0 Å². The van der Waals surface area contributed by atoms with E-state index in [0.29, 0.717) is 25.3 Å². The second kappa shape index (κ2) is 8.57. The number of nitrogens with one attached hydrogen (secondary N) is 1. The van der Waals surface area contributed by atoms with E-state index in [0.717, 1.165) is 28.9 Å². The summed E-state index contributed by atoms with van der Waals surface area (Å²) in [6.07, 6.45) is 1.63. The van der Waals surface area contributed by atoms with Crippen molar-refractivity contribution in [2.45, 2.75) is 38.8 Å². The van der Waals surface area contributed by atoms with Gasteiger partial charge in [0.2, 0.25) is 11.8 Å². The molecule has 0 aliphatic carbocycles. The summed E-state index contributed by atoms with van der Waals surface area (Å²) < 4.78 is 5.13. The standard InChI is InChI=1S/C21H22N4O3S/c1-14-9-17(28-24-14)10-20(26)25-8-2-3-19(25)21(27)22-11-15-4-6-16(7-5-15)18-12-29-13-23-18/h4-7,9,12-13,19H,2-3,8,10-11H2,1H3,(H,22,27). The van der Waals surface area contributed by atoms with Crippen molar-refractivity contribution in [2.24, 2.45) is 0 Å². The van der Waals surface area contributed by atoms with Crippen molar-refractivity contribution in [1.82, 2.24) is 20.4 Å². The Bertz CT molecular complexity index is 982. The van der Waals surface area contributed by atoms with E-state index in [1.165, 1.54) is 0 Å². The first-order chi connectivity index (χ1) is 14.1. The van der Waals surface area contributed by atoms with Crippen molar-refractivity contribution in [1.29, 1.82) is 0 Å². The molecule has 2 aromatic heterocycles. The summed E-state index contributed by atoms with van der Waals surface area (Å²) in [7, 11) is 0. The smallest absolute Gasteiger partial charge is 0.243 e. The van der Waals surface area contributed by atoms with Crippen LogP contribution in [-0.4, -0.2) is 39.4 Å². The molecule has 1 aliphatic rings. The number of rotatable bonds is 6. The maximum absolute atomic E-state index is 12.7. The van der Waals surface area contributed by atoms with E-state index in [2.05, 4.69) is 15.5 Å². The summed E-state index contributed by atoms with van der Waals surface area (Å²) >= 11 is 1.56. The number of nitrogens with zero attached hydrogens (tertiary/aromatic N) is 3. The quantitative estimate of drug-likeness (QED) is 0.675. The number of aromatic nitrogens is 2. The first kappa shape index (κ1) is 19.3. The molecule has 2 amide bonds. The number of aryl methyl sites for hydroxylation is 1. The first-order valence-electron chi connectivity index (χ1n) is 9.57. The zero-order chi connectivity index (χ0) is 20.2. The molecular formula is C21H22N4O3S. The van der Waals surface area contributed by atoms with Gasteiger partial charge in [0.15, 0.2) is 0 Å².